The van der Waals surface area contributed by atoms with E-state index in [-0.39, 0.29) is 35.6 Å². The van der Waals surface area contributed by atoms with Crippen molar-refractivity contribution in [3.05, 3.63) is 0 Å². The second-order valence-electron chi connectivity index (χ2n) is 6.50. The van der Waals surface area contributed by atoms with Crippen LogP contribution in [0.15, 0.2) is 0 Å². The molecule has 2 fully saturated rings. The van der Waals surface area contributed by atoms with Crippen LogP contribution >= 0.6 is 0 Å². The predicted molar refractivity (Wildman–Crippen MR) is 82.1 cm³/mol. The van der Waals surface area contributed by atoms with Crippen LogP contribution in [0.1, 0.15) is 40.0 Å². The van der Waals surface area contributed by atoms with Gasteiger partial charge in [0, 0.05) is 38.1 Å². The van der Waals surface area contributed by atoms with Gasteiger partial charge in [-0.1, -0.05) is 20.8 Å². The molecule has 1 heterocycles. The molecule has 5 nitrogen and oxygen atoms in total. The van der Waals surface area contributed by atoms with Gasteiger partial charge in [0.2, 0.25) is 5.91 Å². The number of methoxy groups -OCH3 is 2. The van der Waals surface area contributed by atoms with Crippen molar-refractivity contribution in [1.29, 1.82) is 0 Å². The number of ether oxygens (including phenoxy) is 2. The summed E-state index contributed by atoms with van der Waals surface area (Å²) in [4.78, 5) is 12.5. The van der Waals surface area contributed by atoms with Crippen molar-refractivity contribution in [1.82, 2.24) is 10.6 Å². The number of carbonyl (C=O) groups is 1. The Labute approximate surface area is 128 Å². The molecule has 0 spiro atoms. The van der Waals surface area contributed by atoms with Gasteiger partial charge in [0.25, 0.3) is 0 Å². The highest BCUT2D eigenvalue weighted by molar-refractivity contribution is 5.82. The molecule has 0 aromatic carbocycles. The fourth-order valence-electron chi connectivity index (χ4n) is 4.43. The second kappa shape index (κ2) is 6.63. The third kappa shape index (κ3) is 2.71. The number of hydrogen-bond acceptors (Lipinski definition) is 4. The lowest BCUT2D eigenvalue weighted by Gasteiger charge is -2.59. The van der Waals surface area contributed by atoms with E-state index in [1.54, 1.807) is 14.2 Å². The Hall–Kier alpha value is -0.650. The van der Waals surface area contributed by atoms with Gasteiger partial charge >= 0.3 is 0 Å². The monoisotopic (exact) mass is 298 g/mol. The molecule has 122 valence electrons. The van der Waals surface area contributed by atoms with Gasteiger partial charge in [0.05, 0.1) is 18.2 Å². The number of hydrogen-bond donors (Lipinski definition) is 2. The van der Waals surface area contributed by atoms with Gasteiger partial charge in [0.1, 0.15) is 0 Å². The second-order valence-corrected chi connectivity index (χ2v) is 6.50. The summed E-state index contributed by atoms with van der Waals surface area (Å²) < 4.78 is 11.0. The molecular weight excluding hydrogens is 268 g/mol. The topological polar surface area (TPSA) is 59.6 Å². The number of amides is 1. The molecule has 0 aromatic rings. The summed E-state index contributed by atoms with van der Waals surface area (Å²) in [6.07, 6.45) is 3.18. The lowest BCUT2D eigenvalue weighted by atomic mass is 9.53. The first-order valence-electron chi connectivity index (χ1n) is 8.13. The molecule has 5 atom stereocenters. The first-order chi connectivity index (χ1) is 10.0. The minimum atomic E-state index is -0.129. The Morgan fingerprint density at radius 2 is 1.95 bits per heavy atom. The first-order valence-corrected chi connectivity index (χ1v) is 8.13. The van der Waals surface area contributed by atoms with E-state index in [0.717, 1.165) is 25.8 Å². The van der Waals surface area contributed by atoms with Gasteiger partial charge in [-0.2, -0.15) is 0 Å². The maximum absolute atomic E-state index is 12.5. The minimum Gasteiger partial charge on any atom is -0.380 e. The molecular formula is C16H30N2O3. The summed E-state index contributed by atoms with van der Waals surface area (Å²) in [5, 5.41) is 6.52. The molecule has 0 bridgehead atoms. The van der Waals surface area contributed by atoms with Gasteiger partial charge < -0.3 is 20.1 Å². The Morgan fingerprint density at radius 1 is 1.29 bits per heavy atom. The molecule has 0 aromatic heterocycles. The smallest absolute Gasteiger partial charge is 0.237 e. The summed E-state index contributed by atoms with van der Waals surface area (Å²) in [5.41, 5.74) is 0.0725. The fourth-order valence-corrected chi connectivity index (χ4v) is 4.43. The average molecular weight is 298 g/mol. The van der Waals surface area contributed by atoms with E-state index >= 15 is 0 Å². The van der Waals surface area contributed by atoms with E-state index in [1.807, 2.05) is 0 Å². The lowest BCUT2D eigenvalue weighted by Crippen LogP contribution is -2.70. The van der Waals surface area contributed by atoms with Crippen LogP contribution in [0.25, 0.3) is 0 Å². The van der Waals surface area contributed by atoms with Gasteiger partial charge in [-0.25, -0.2) is 0 Å². The zero-order chi connectivity index (χ0) is 15.6. The van der Waals surface area contributed by atoms with Crippen LogP contribution in [-0.2, 0) is 14.3 Å². The van der Waals surface area contributed by atoms with Crippen LogP contribution in [0.3, 0.4) is 0 Å². The predicted octanol–water partition coefficient (Wildman–Crippen LogP) is 1.32. The normalized spacial score (nSPS) is 38.0. The number of nitrogens with one attached hydrogen (secondary N) is 2. The Bertz CT molecular complexity index is 371. The van der Waals surface area contributed by atoms with Crippen molar-refractivity contribution in [2.75, 3.05) is 20.8 Å². The lowest BCUT2D eigenvalue weighted by molar-refractivity contribution is -0.172. The molecule has 1 saturated heterocycles. The van der Waals surface area contributed by atoms with Crippen LogP contribution in [-0.4, -0.2) is 51.0 Å². The molecule has 21 heavy (non-hydrogen) atoms. The standard InChI is InChI=1S/C16H30N2O3/c1-6-16(7-2)13(10(3)14(16)21-5)18-15(19)12-8-11(20-4)9-17-12/h10-14,17H,6-9H2,1-5H3,(H,18,19)/t10-,11-,12+,13+,14+/m0/s1. The first kappa shape index (κ1) is 16.7. The van der Waals surface area contributed by atoms with Crippen LogP contribution in [0.5, 0.6) is 0 Å². The molecule has 2 rings (SSSR count). The van der Waals surface area contributed by atoms with Gasteiger partial charge in [-0.3, -0.25) is 4.79 Å². The van der Waals surface area contributed by atoms with Crippen molar-refractivity contribution in [3.8, 4) is 0 Å². The molecule has 1 aliphatic heterocycles. The largest absolute Gasteiger partial charge is 0.380 e. The SMILES string of the molecule is CCC1(CC)[C@H](NC(=O)[C@H]2C[C@H](OC)CN2)[C@H](C)[C@H]1OC. The minimum absolute atomic E-state index is 0.0725. The van der Waals surface area contributed by atoms with Crippen molar-refractivity contribution in [2.24, 2.45) is 11.3 Å². The molecule has 5 heteroatoms. The van der Waals surface area contributed by atoms with Gasteiger partial charge in [0.15, 0.2) is 0 Å². The summed E-state index contributed by atoms with van der Waals surface area (Å²) in [6, 6.07) is 0.0727. The van der Waals surface area contributed by atoms with E-state index in [0.29, 0.717) is 5.92 Å². The summed E-state index contributed by atoms with van der Waals surface area (Å²) in [5.74, 6) is 0.464. The molecule has 0 radical (unpaired) electrons. The van der Waals surface area contributed by atoms with E-state index in [9.17, 15) is 4.79 Å². The highest BCUT2D eigenvalue weighted by Gasteiger charge is 2.59. The van der Waals surface area contributed by atoms with E-state index in [1.165, 1.54) is 0 Å². The van der Waals surface area contributed by atoms with Crippen molar-refractivity contribution < 1.29 is 14.3 Å². The summed E-state index contributed by atoms with van der Waals surface area (Å²) in [7, 11) is 3.48. The molecule has 1 aliphatic carbocycles. The molecule has 1 saturated carbocycles. The van der Waals surface area contributed by atoms with Crippen LogP contribution in [0, 0.1) is 11.3 Å². The Balaban J connectivity index is 2.00. The van der Waals surface area contributed by atoms with Gasteiger partial charge in [-0.15, -0.1) is 0 Å². The third-order valence-corrected chi connectivity index (χ3v) is 5.80. The van der Waals surface area contributed by atoms with Crippen molar-refractivity contribution >= 4 is 5.91 Å². The maximum atomic E-state index is 12.5. The van der Waals surface area contributed by atoms with Crippen molar-refractivity contribution in [3.63, 3.8) is 0 Å². The quantitative estimate of drug-likeness (QED) is 0.776. The average Bonchev–Trinajstić information content (AvgIpc) is 2.98. The van der Waals surface area contributed by atoms with Crippen LogP contribution in [0.4, 0.5) is 0 Å². The van der Waals surface area contributed by atoms with Gasteiger partial charge in [-0.05, 0) is 19.3 Å². The molecule has 1 amide bonds. The molecule has 2 N–H and O–H groups in total. The zero-order valence-electron chi connectivity index (χ0n) is 13.9. The Kier molecular flexibility index (Phi) is 5.28. The summed E-state index contributed by atoms with van der Waals surface area (Å²) in [6.45, 7) is 7.30. The van der Waals surface area contributed by atoms with E-state index in [4.69, 9.17) is 9.47 Å². The number of rotatable bonds is 6. The molecule has 2 aliphatic rings. The molecule has 0 unspecified atom stereocenters. The maximum Gasteiger partial charge on any atom is 0.237 e. The summed E-state index contributed by atoms with van der Waals surface area (Å²) >= 11 is 0. The van der Waals surface area contributed by atoms with Crippen molar-refractivity contribution in [2.45, 2.75) is 64.3 Å². The van der Waals surface area contributed by atoms with E-state index < -0.39 is 0 Å². The highest BCUT2D eigenvalue weighted by Crippen LogP contribution is 2.52. The fraction of sp³-hybridized carbons (Fsp3) is 0.938. The Morgan fingerprint density at radius 3 is 2.43 bits per heavy atom. The number of carbonyl (C=O) groups excluding carboxylic acids is 1. The van der Waals surface area contributed by atoms with Crippen LogP contribution < -0.4 is 10.6 Å². The zero-order valence-corrected chi connectivity index (χ0v) is 13.9. The van der Waals surface area contributed by atoms with Crippen LogP contribution in [0.2, 0.25) is 0 Å². The van der Waals surface area contributed by atoms with E-state index in [2.05, 4.69) is 31.4 Å². The highest BCUT2D eigenvalue weighted by atomic mass is 16.5. The third-order valence-electron chi connectivity index (χ3n) is 5.80.